The first kappa shape index (κ1) is 39.7. The van der Waals surface area contributed by atoms with Gasteiger partial charge in [-0.1, -0.05) is 67.5 Å². The van der Waals surface area contributed by atoms with E-state index in [9.17, 15) is 14.7 Å². The normalized spacial score (nSPS) is 28.4. The summed E-state index contributed by atoms with van der Waals surface area (Å²) < 4.78 is 33.2. The number of hydrogen-bond donors (Lipinski definition) is 1. The third-order valence-corrected chi connectivity index (χ3v) is 13.2. The fourth-order valence-electron chi connectivity index (χ4n) is 10.4. The molecule has 7 aliphatic rings. The molecule has 304 valence electrons. The van der Waals surface area contributed by atoms with Gasteiger partial charge in [0.15, 0.2) is 22.8 Å². The molecule has 0 aromatic heterocycles. The second kappa shape index (κ2) is 14.0. The molecule has 2 bridgehead atoms. The third kappa shape index (κ3) is 5.55. The van der Waals surface area contributed by atoms with E-state index >= 15 is 4.79 Å². The minimum atomic E-state index is -2.17. The Morgan fingerprint density at radius 1 is 0.966 bits per heavy atom. The number of carbonyl (C=O) groups excluding carboxylic acids is 3. The van der Waals surface area contributed by atoms with E-state index in [1.165, 1.54) is 12.7 Å². The molecule has 3 fully saturated rings. The van der Waals surface area contributed by atoms with E-state index in [4.69, 9.17) is 23.7 Å². The molecule has 0 radical (unpaired) electrons. The topological polar surface area (TPSA) is 118 Å². The van der Waals surface area contributed by atoms with Gasteiger partial charge in [0.1, 0.15) is 39.9 Å². The maximum Gasteiger partial charge on any atom is 0.333 e. The van der Waals surface area contributed by atoms with Crippen LogP contribution < -0.4 is 14.2 Å². The van der Waals surface area contributed by atoms with Crippen LogP contribution in [0.25, 0.3) is 17.6 Å². The van der Waals surface area contributed by atoms with E-state index in [0.717, 1.165) is 29.5 Å². The van der Waals surface area contributed by atoms with Crippen molar-refractivity contribution < 1.29 is 43.2 Å². The molecule has 6 unspecified atom stereocenters. The highest BCUT2D eigenvalue weighted by Gasteiger charge is 2.77. The van der Waals surface area contributed by atoms with E-state index < -0.39 is 46.3 Å². The first-order valence-electron chi connectivity index (χ1n) is 20.5. The fraction of sp³-hybridized carbons (Fsp3) is 0.449. The monoisotopic (exact) mass is 786 g/mol. The summed E-state index contributed by atoms with van der Waals surface area (Å²) in [5, 5.41) is 13.4. The molecule has 1 spiro atoms. The maximum atomic E-state index is 15.3. The summed E-state index contributed by atoms with van der Waals surface area (Å²) in [6.07, 6.45) is 12.1. The molecular formula is C49H54O9. The predicted molar refractivity (Wildman–Crippen MR) is 222 cm³/mol. The molecule has 58 heavy (non-hydrogen) atoms. The van der Waals surface area contributed by atoms with Crippen molar-refractivity contribution in [2.75, 3.05) is 14.2 Å². The van der Waals surface area contributed by atoms with Crippen LogP contribution in [0.2, 0.25) is 0 Å². The van der Waals surface area contributed by atoms with E-state index in [1.54, 1.807) is 26.2 Å². The van der Waals surface area contributed by atoms with E-state index in [-0.39, 0.29) is 23.7 Å². The van der Waals surface area contributed by atoms with Crippen LogP contribution in [0, 0.1) is 23.7 Å². The summed E-state index contributed by atoms with van der Waals surface area (Å²) >= 11 is 0. The molecule has 9 nitrogen and oxygen atoms in total. The summed E-state index contributed by atoms with van der Waals surface area (Å²) in [5.41, 5.74) is 2.21. The summed E-state index contributed by atoms with van der Waals surface area (Å²) in [6.45, 7) is 16.1. The Bertz CT molecular complexity index is 2360. The Balaban J connectivity index is 1.46. The zero-order valence-electron chi connectivity index (χ0n) is 35.3. The SMILES string of the molecule is COC(=O)C(C)=CCC1(O)C(=O)C2CC(C(C)C)C13Oc1c(CC=C(C)C)c4c(c(OC)c1C1=C3C2C2=C(O1)c1ccccc1C2=O)C=CC(C)(CCC=C(C)C)O4. The number of allylic oxidation sites excluding steroid dienone is 5. The fourth-order valence-corrected chi connectivity index (χ4v) is 10.4. The highest BCUT2D eigenvalue weighted by atomic mass is 16.5. The van der Waals surface area contributed by atoms with Crippen molar-refractivity contribution in [1.29, 1.82) is 0 Å². The minimum Gasteiger partial charge on any atom is -0.495 e. The van der Waals surface area contributed by atoms with Crippen LogP contribution in [0.3, 0.4) is 0 Å². The van der Waals surface area contributed by atoms with Crippen LogP contribution in [0.1, 0.15) is 114 Å². The van der Waals surface area contributed by atoms with Gasteiger partial charge in [-0.2, -0.15) is 0 Å². The Morgan fingerprint density at radius 2 is 1.67 bits per heavy atom. The molecule has 9 heteroatoms. The summed E-state index contributed by atoms with van der Waals surface area (Å²) in [4.78, 5) is 42.5. The quantitative estimate of drug-likeness (QED) is 0.143. The van der Waals surface area contributed by atoms with Gasteiger partial charge in [-0.25, -0.2) is 4.79 Å². The van der Waals surface area contributed by atoms with E-state index in [2.05, 4.69) is 58.9 Å². The van der Waals surface area contributed by atoms with Crippen molar-refractivity contribution in [2.24, 2.45) is 23.7 Å². The average Bonchev–Trinajstić information content (AvgIpc) is 3.47. The molecule has 3 aliphatic heterocycles. The van der Waals surface area contributed by atoms with Gasteiger partial charge in [-0.15, -0.1) is 0 Å². The van der Waals surface area contributed by atoms with Crippen molar-refractivity contribution in [3.05, 3.63) is 104 Å². The highest BCUT2D eigenvalue weighted by Crippen LogP contribution is 2.71. The second-order valence-electron chi connectivity index (χ2n) is 17.8. The first-order chi connectivity index (χ1) is 27.5. The van der Waals surface area contributed by atoms with Gasteiger partial charge < -0.3 is 28.8 Å². The number of esters is 1. The molecule has 9 rings (SSSR count). The maximum absolute atomic E-state index is 15.3. The van der Waals surface area contributed by atoms with Gasteiger partial charge in [-0.05, 0) is 85.3 Å². The highest BCUT2D eigenvalue weighted by molar-refractivity contribution is 6.22. The second-order valence-corrected chi connectivity index (χ2v) is 17.8. The zero-order valence-corrected chi connectivity index (χ0v) is 35.3. The smallest absolute Gasteiger partial charge is 0.333 e. The van der Waals surface area contributed by atoms with Gasteiger partial charge >= 0.3 is 5.97 Å². The van der Waals surface area contributed by atoms with Crippen molar-refractivity contribution in [1.82, 2.24) is 0 Å². The lowest BCUT2D eigenvalue weighted by molar-refractivity contribution is -0.210. The molecule has 3 saturated carbocycles. The number of Topliss-reactive ketones (excluding diaryl/α,β-unsaturated/α-hetero) is 2. The summed E-state index contributed by atoms with van der Waals surface area (Å²) in [6, 6.07) is 7.38. The van der Waals surface area contributed by atoms with Gasteiger partial charge in [0.2, 0.25) is 0 Å². The van der Waals surface area contributed by atoms with Gasteiger partial charge in [0, 0.05) is 52.0 Å². The number of fused-ring (bicyclic) bond motifs is 7. The first-order valence-corrected chi connectivity index (χ1v) is 20.5. The largest absolute Gasteiger partial charge is 0.495 e. The standard InChI is InChI=1S/C49H54O9/c1-25(2)14-13-21-47(8)22-20-32-40(57-47)31(18-17-26(3)4)43-37(41(32)54-9)44-38-35(36-39(50)29-15-11-12-16-30(29)42(36)56-44)33-24-34(27(5)6)49(38,58-43)48(53,45(33)51)23-19-28(7)46(52)55-10/h11-12,14-17,19-20,22,27,33-35,53H,13,18,21,23-24H2,1-10H3. The molecule has 1 N–H and O–H groups in total. The van der Waals surface area contributed by atoms with E-state index in [0.29, 0.717) is 69.4 Å². The Labute approximate surface area is 341 Å². The lowest BCUT2D eigenvalue weighted by Crippen LogP contribution is -2.78. The molecular weight excluding hydrogens is 733 g/mol. The van der Waals surface area contributed by atoms with Crippen molar-refractivity contribution in [3.63, 3.8) is 0 Å². The number of benzene rings is 2. The third-order valence-electron chi connectivity index (χ3n) is 13.2. The molecule has 2 aromatic carbocycles. The van der Waals surface area contributed by atoms with Crippen molar-refractivity contribution in [2.45, 2.75) is 104 Å². The van der Waals surface area contributed by atoms with Crippen LogP contribution >= 0.6 is 0 Å². The lowest BCUT2D eigenvalue weighted by atomic mass is 9.43. The van der Waals surface area contributed by atoms with E-state index in [1.807, 2.05) is 32.0 Å². The van der Waals surface area contributed by atoms with Crippen molar-refractivity contribution >= 4 is 35.1 Å². The number of aliphatic hydroxyl groups is 1. The predicted octanol–water partition coefficient (Wildman–Crippen LogP) is 9.33. The molecule has 6 atom stereocenters. The van der Waals surface area contributed by atoms with Crippen LogP contribution in [0.15, 0.2) is 76.4 Å². The summed E-state index contributed by atoms with van der Waals surface area (Å²) in [7, 11) is 2.91. The minimum absolute atomic E-state index is 0.0887. The Morgan fingerprint density at radius 3 is 2.33 bits per heavy atom. The van der Waals surface area contributed by atoms with Gasteiger partial charge in [-0.3, -0.25) is 9.59 Å². The lowest BCUT2D eigenvalue weighted by Gasteiger charge is -2.65. The Hall–Kier alpha value is -5.15. The number of hydrogen-bond acceptors (Lipinski definition) is 9. The number of ether oxygens (including phenoxy) is 5. The Kier molecular flexibility index (Phi) is 9.58. The molecule has 0 saturated heterocycles. The number of methoxy groups -OCH3 is 2. The summed E-state index contributed by atoms with van der Waals surface area (Å²) in [5.74, 6) is -0.847. The number of rotatable bonds is 10. The van der Waals surface area contributed by atoms with Crippen LogP contribution in [0.4, 0.5) is 0 Å². The molecule has 0 amide bonds. The number of carbonyl (C=O) groups is 3. The van der Waals surface area contributed by atoms with Crippen LogP contribution in [0.5, 0.6) is 17.2 Å². The molecule has 3 heterocycles. The molecule has 2 aromatic rings. The number of ketones is 2. The zero-order chi connectivity index (χ0) is 41.6. The van der Waals surface area contributed by atoms with Crippen LogP contribution in [-0.4, -0.2) is 53.7 Å². The van der Waals surface area contributed by atoms with Gasteiger partial charge in [0.05, 0.1) is 25.4 Å². The van der Waals surface area contributed by atoms with Crippen LogP contribution in [-0.2, 0) is 25.5 Å². The van der Waals surface area contributed by atoms with Gasteiger partial charge in [0.25, 0.3) is 0 Å². The molecule has 4 aliphatic carbocycles. The van der Waals surface area contributed by atoms with Crippen molar-refractivity contribution in [3.8, 4) is 17.2 Å². The average molecular weight is 787 g/mol.